The third-order valence-corrected chi connectivity index (χ3v) is 9.21. The van der Waals surface area contributed by atoms with Crippen LogP contribution < -0.4 is 0 Å². The topological polar surface area (TPSA) is 0 Å². The summed E-state index contributed by atoms with van der Waals surface area (Å²) in [6.07, 6.45) is 19.1. The van der Waals surface area contributed by atoms with Crippen LogP contribution in [0.25, 0.3) is 20.9 Å². The van der Waals surface area contributed by atoms with E-state index in [9.17, 15) is 0 Å². The normalized spacial score (nSPS) is 11.4. The third kappa shape index (κ3) is 8.51. The molecular formula is C28H40S3. The summed E-state index contributed by atoms with van der Waals surface area (Å²) in [5, 5.41) is 4.72. The van der Waals surface area contributed by atoms with Gasteiger partial charge in [0.25, 0.3) is 0 Å². The molecule has 170 valence electrons. The van der Waals surface area contributed by atoms with Crippen molar-refractivity contribution in [2.75, 3.05) is 0 Å². The average molecular weight is 473 g/mol. The van der Waals surface area contributed by atoms with Crippen LogP contribution in [0, 0.1) is 0 Å². The molecule has 0 N–H and O–H groups in total. The zero-order valence-corrected chi connectivity index (χ0v) is 22.0. The molecule has 0 saturated carbocycles. The lowest BCUT2D eigenvalue weighted by Crippen LogP contribution is -1.82. The highest BCUT2D eigenvalue weighted by atomic mass is 32.1. The Kier molecular flexibility index (Phi) is 11.4. The van der Waals surface area contributed by atoms with Gasteiger partial charge in [-0.3, -0.25) is 0 Å². The molecule has 0 aromatic carbocycles. The Labute approximate surface area is 202 Å². The van der Waals surface area contributed by atoms with Crippen molar-refractivity contribution in [1.29, 1.82) is 0 Å². The highest BCUT2D eigenvalue weighted by Gasteiger charge is 2.09. The minimum atomic E-state index is 1.25. The van der Waals surface area contributed by atoms with Gasteiger partial charge in [-0.1, -0.05) is 78.1 Å². The predicted molar refractivity (Wildman–Crippen MR) is 145 cm³/mol. The van der Waals surface area contributed by atoms with E-state index >= 15 is 0 Å². The van der Waals surface area contributed by atoms with Gasteiger partial charge >= 0.3 is 0 Å². The number of unbranched alkanes of at least 4 members (excludes halogenated alkanes) is 10. The molecule has 0 spiro atoms. The van der Waals surface area contributed by atoms with E-state index < -0.39 is 0 Å². The van der Waals surface area contributed by atoms with E-state index in [1.807, 2.05) is 34.0 Å². The molecule has 3 aromatic heterocycles. The van der Waals surface area contributed by atoms with Crippen LogP contribution in [0.3, 0.4) is 0 Å². The monoisotopic (exact) mass is 472 g/mol. The van der Waals surface area contributed by atoms with Crippen LogP contribution in [0.5, 0.6) is 0 Å². The second-order valence-electron chi connectivity index (χ2n) is 8.80. The van der Waals surface area contributed by atoms with Gasteiger partial charge in [-0.05, 0) is 60.7 Å². The van der Waals surface area contributed by atoms with Crippen molar-refractivity contribution < 1.29 is 0 Å². The molecule has 0 radical (unpaired) electrons. The number of thiophene rings is 3. The summed E-state index contributed by atoms with van der Waals surface area (Å²) in [7, 11) is 0. The van der Waals surface area contributed by atoms with Gasteiger partial charge in [0.1, 0.15) is 0 Å². The molecule has 0 bridgehead atoms. The van der Waals surface area contributed by atoms with Gasteiger partial charge in [0.05, 0.1) is 0 Å². The van der Waals surface area contributed by atoms with Crippen molar-refractivity contribution in [1.82, 2.24) is 0 Å². The summed E-state index contributed by atoms with van der Waals surface area (Å²) >= 11 is 5.85. The predicted octanol–water partition coefficient (Wildman–Crippen LogP) is 11.0. The number of rotatable bonds is 16. The lowest BCUT2D eigenvalue weighted by molar-refractivity contribution is 0.609. The molecule has 3 aromatic rings. The van der Waals surface area contributed by atoms with Crippen LogP contribution in [-0.2, 0) is 12.8 Å². The first kappa shape index (κ1) is 24.7. The quantitative estimate of drug-likeness (QED) is 0.182. The van der Waals surface area contributed by atoms with Gasteiger partial charge in [0, 0.05) is 30.6 Å². The molecule has 3 heterocycles. The largest absolute Gasteiger partial charge is 0.148 e. The average Bonchev–Trinajstić information content (AvgIpc) is 3.53. The van der Waals surface area contributed by atoms with Gasteiger partial charge in [-0.2, -0.15) is 0 Å². The van der Waals surface area contributed by atoms with E-state index in [2.05, 4.69) is 48.9 Å². The Morgan fingerprint density at radius 3 is 1.42 bits per heavy atom. The first-order valence-corrected chi connectivity index (χ1v) is 15.1. The Morgan fingerprint density at radius 1 is 0.548 bits per heavy atom. The molecule has 3 heteroatoms. The maximum atomic E-state index is 2.43. The molecule has 0 saturated heterocycles. The Hall–Kier alpha value is -0.900. The van der Waals surface area contributed by atoms with Gasteiger partial charge in [-0.25, -0.2) is 0 Å². The molecule has 0 aliphatic rings. The fourth-order valence-electron chi connectivity index (χ4n) is 4.09. The maximum absolute atomic E-state index is 2.43. The molecule has 0 fully saturated rings. The van der Waals surface area contributed by atoms with Crippen molar-refractivity contribution >= 4 is 34.0 Å². The standard InChI is InChI=1S/C28H40S3/c1-3-5-7-9-11-13-15-25-19-23(21-29-25)27-17-18-28(31-27)24-20-26(30-22-24)16-14-12-10-8-6-4-2/h17-22H,3-16H2,1-2H3. The number of hydrogen-bond acceptors (Lipinski definition) is 3. The van der Waals surface area contributed by atoms with Crippen LogP contribution in [0.4, 0.5) is 0 Å². The first-order chi connectivity index (χ1) is 15.3. The molecule has 31 heavy (non-hydrogen) atoms. The van der Waals surface area contributed by atoms with Gasteiger partial charge in [0.15, 0.2) is 0 Å². The molecule has 0 amide bonds. The molecule has 0 atom stereocenters. The zero-order chi connectivity index (χ0) is 21.7. The van der Waals surface area contributed by atoms with Crippen LogP contribution in [0.1, 0.15) is 101 Å². The fraction of sp³-hybridized carbons (Fsp3) is 0.571. The Balaban J connectivity index is 1.45. The fourth-order valence-corrected chi connectivity index (χ4v) is 7.08. The zero-order valence-electron chi connectivity index (χ0n) is 19.6. The maximum Gasteiger partial charge on any atom is 0.0357 e. The van der Waals surface area contributed by atoms with Crippen molar-refractivity contribution in [3.05, 3.63) is 44.8 Å². The highest BCUT2D eigenvalue weighted by molar-refractivity contribution is 7.19. The summed E-state index contributed by atoms with van der Waals surface area (Å²) in [6, 6.07) is 9.51. The summed E-state index contributed by atoms with van der Waals surface area (Å²) in [5.41, 5.74) is 2.84. The lowest BCUT2D eigenvalue weighted by atomic mass is 10.1. The molecule has 0 unspecified atom stereocenters. The van der Waals surface area contributed by atoms with E-state index in [4.69, 9.17) is 0 Å². The van der Waals surface area contributed by atoms with E-state index in [1.165, 1.54) is 111 Å². The second-order valence-corrected chi connectivity index (χ2v) is 11.9. The van der Waals surface area contributed by atoms with Gasteiger partial charge in [0.2, 0.25) is 0 Å². The van der Waals surface area contributed by atoms with Crippen molar-refractivity contribution in [2.24, 2.45) is 0 Å². The minimum absolute atomic E-state index is 1.25. The first-order valence-electron chi connectivity index (χ1n) is 12.6. The van der Waals surface area contributed by atoms with Crippen LogP contribution in [-0.4, -0.2) is 0 Å². The lowest BCUT2D eigenvalue weighted by Gasteiger charge is -1.99. The van der Waals surface area contributed by atoms with Crippen molar-refractivity contribution in [3.8, 4) is 20.9 Å². The molecule has 0 aliphatic heterocycles. The summed E-state index contributed by atoms with van der Waals surface area (Å²) in [5.74, 6) is 0. The summed E-state index contributed by atoms with van der Waals surface area (Å²) < 4.78 is 0. The summed E-state index contributed by atoms with van der Waals surface area (Å²) in [6.45, 7) is 4.58. The summed E-state index contributed by atoms with van der Waals surface area (Å²) in [4.78, 5) is 5.95. The number of aryl methyl sites for hydroxylation is 2. The molecule has 0 nitrogen and oxygen atoms in total. The van der Waals surface area contributed by atoms with Crippen molar-refractivity contribution in [2.45, 2.75) is 104 Å². The van der Waals surface area contributed by atoms with E-state index in [1.54, 1.807) is 9.75 Å². The van der Waals surface area contributed by atoms with E-state index in [-0.39, 0.29) is 0 Å². The molecule has 0 aliphatic carbocycles. The van der Waals surface area contributed by atoms with Gasteiger partial charge < -0.3 is 0 Å². The van der Waals surface area contributed by atoms with Gasteiger partial charge in [-0.15, -0.1) is 34.0 Å². The van der Waals surface area contributed by atoms with Crippen molar-refractivity contribution in [3.63, 3.8) is 0 Å². The molecule has 3 rings (SSSR count). The van der Waals surface area contributed by atoms with Crippen LogP contribution in [0.15, 0.2) is 35.0 Å². The number of hydrogen-bond donors (Lipinski definition) is 0. The smallest absolute Gasteiger partial charge is 0.0357 e. The minimum Gasteiger partial charge on any atom is -0.148 e. The molecular weight excluding hydrogens is 433 g/mol. The van der Waals surface area contributed by atoms with Crippen LogP contribution >= 0.6 is 34.0 Å². The van der Waals surface area contributed by atoms with E-state index in [0.717, 1.165) is 0 Å². The highest BCUT2D eigenvalue weighted by Crippen LogP contribution is 2.38. The Bertz CT molecular complexity index is 782. The second kappa shape index (κ2) is 14.3. The SMILES string of the molecule is CCCCCCCCc1cc(-c2ccc(-c3csc(CCCCCCCC)c3)s2)cs1. The third-order valence-electron chi connectivity index (χ3n) is 6.04. The Morgan fingerprint density at radius 2 is 0.968 bits per heavy atom. The van der Waals surface area contributed by atoms with Crippen LogP contribution in [0.2, 0.25) is 0 Å². The van der Waals surface area contributed by atoms with E-state index in [0.29, 0.717) is 0 Å².